The second-order valence-corrected chi connectivity index (χ2v) is 7.07. The topological polar surface area (TPSA) is 63.2 Å². The van der Waals surface area contributed by atoms with Crippen LogP contribution in [-0.2, 0) is 9.53 Å². The Morgan fingerprint density at radius 2 is 2.40 bits per heavy atom. The lowest BCUT2D eigenvalue weighted by Crippen LogP contribution is -2.49. The quantitative estimate of drug-likeness (QED) is 0.839. The molecule has 0 aromatic carbocycles. The molecule has 2 saturated heterocycles. The van der Waals surface area contributed by atoms with Crippen molar-refractivity contribution in [2.24, 2.45) is 0 Å². The summed E-state index contributed by atoms with van der Waals surface area (Å²) >= 11 is 7.07. The van der Waals surface area contributed by atoms with Crippen molar-refractivity contribution < 1.29 is 9.53 Å². The highest BCUT2D eigenvalue weighted by Crippen LogP contribution is 2.43. The number of nitrogens with one attached hydrogen (secondary N) is 1. The third-order valence-corrected chi connectivity index (χ3v) is 5.87. The number of thioether (sulfide) groups is 1. The molecule has 0 bridgehead atoms. The van der Waals surface area contributed by atoms with Gasteiger partial charge < -0.3 is 4.74 Å². The number of ether oxygens (including phenoxy) is 1. The summed E-state index contributed by atoms with van der Waals surface area (Å²) < 4.78 is 8.30. The molecule has 1 aromatic heterocycles. The molecule has 3 aliphatic rings. The van der Waals surface area contributed by atoms with E-state index in [9.17, 15) is 4.79 Å². The highest BCUT2D eigenvalue weighted by molar-refractivity contribution is 8.00. The molecule has 3 aliphatic heterocycles. The van der Waals surface area contributed by atoms with E-state index in [1.54, 1.807) is 16.7 Å². The van der Waals surface area contributed by atoms with E-state index in [4.69, 9.17) is 17.0 Å². The number of rotatable bonds is 2. The number of hydrogen-bond acceptors (Lipinski definition) is 5. The minimum atomic E-state index is -0.0202. The van der Waals surface area contributed by atoms with Crippen molar-refractivity contribution in [2.45, 2.75) is 36.7 Å². The number of aromatic amines is 1. The van der Waals surface area contributed by atoms with Crippen molar-refractivity contribution in [3.8, 4) is 0 Å². The molecule has 0 spiro atoms. The van der Waals surface area contributed by atoms with Crippen molar-refractivity contribution in [1.29, 1.82) is 0 Å². The van der Waals surface area contributed by atoms with Crippen molar-refractivity contribution in [3.63, 3.8) is 0 Å². The molecule has 6 nitrogen and oxygen atoms in total. The molecule has 0 saturated carbocycles. The van der Waals surface area contributed by atoms with Crippen LogP contribution in [0.2, 0.25) is 0 Å². The van der Waals surface area contributed by atoms with E-state index in [-0.39, 0.29) is 23.3 Å². The molecule has 8 heteroatoms. The summed E-state index contributed by atoms with van der Waals surface area (Å²) in [6.07, 6.45) is 3.19. The molecular formula is C12H16N4O2S2. The van der Waals surface area contributed by atoms with Crippen molar-refractivity contribution >= 4 is 35.8 Å². The number of H-pyrrole nitrogens is 1. The van der Waals surface area contributed by atoms with Gasteiger partial charge in [0.1, 0.15) is 5.25 Å². The van der Waals surface area contributed by atoms with Gasteiger partial charge in [-0.1, -0.05) is 0 Å². The number of anilines is 1. The van der Waals surface area contributed by atoms with Crippen LogP contribution in [0.4, 0.5) is 5.95 Å². The summed E-state index contributed by atoms with van der Waals surface area (Å²) in [4.78, 5) is 14.5. The number of nitrogens with zero attached hydrogens (tertiary/aromatic N) is 3. The van der Waals surface area contributed by atoms with Crippen LogP contribution < -0.4 is 4.90 Å². The monoisotopic (exact) mass is 312 g/mol. The summed E-state index contributed by atoms with van der Waals surface area (Å²) in [5, 5.41) is 7.10. The summed E-state index contributed by atoms with van der Waals surface area (Å²) in [6.45, 7) is 1.38. The van der Waals surface area contributed by atoms with Crippen LogP contribution in [0.25, 0.3) is 0 Å². The Bertz CT molecular complexity index is 593. The first-order valence-electron chi connectivity index (χ1n) is 6.97. The van der Waals surface area contributed by atoms with Crippen molar-refractivity contribution in [3.05, 3.63) is 4.77 Å². The zero-order valence-corrected chi connectivity index (χ0v) is 12.6. The molecule has 3 unspecified atom stereocenters. The number of aromatic nitrogens is 3. The smallest absolute Gasteiger partial charge is 0.244 e. The van der Waals surface area contributed by atoms with Gasteiger partial charge >= 0.3 is 0 Å². The van der Waals surface area contributed by atoms with E-state index in [2.05, 4.69) is 10.2 Å². The van der Waals surface area contributed by atoms with E-state index in [1.165, 1.54) is 0 Å². The SMILES string of the molecule is O=C1C2SCCC2n2c(n[nH]c2=S)N1CC1CCCO1. The lowest BCUT2D eigenvalue weighted by Gasteiger charge is -2.34. The molecule has 1 N–H and O–H groups in total. The van der Waals surface area contributed by atoms with Gasteiger partial charge in [0.05, 0.1) is 18.7 Å². The van der Waals surface area contributed by atoms with Crippen molar-refractivity contribution in [1.82, 2.24) is 14.8 Å². The first-order chi connectivity index (χ1) is 9.75. The lowest BCUT2D eigenvalue weighted by atomic mass is 10.1. The Labute approximate surface area is 125 Å². The first-order valence-corrected chi connectivity index (χ1v) is 8.43. The van der Waals surface area contributed by atoms with Gasteiger partial charge in [-0.3, -0.25) is 14.3 Å². The predicted molar refractivity (Wildman–Crippen MR) is 78.6 cm³/mol. The second-order valence-electron chi connectivity index (χ2n) is 5.43. The van der Waals surface area contributed by atoms with Crippen LogP contribution >= 0.6 is 24.0 Å². The Morgan fingerprint density at radius 1 is 1.50 bits per heavy atom. The maximum absolute atomic E-state index is 12.7. The summed E-state index contributed by atoms with van der Waals surface area (Å²) in [7, 11) is 0. The maximum atomic E-state index is 12.7. The Kier molecular flexibility index (Phi) is 3.12. The number of carbonyl (C=O) groups is 1. The fraction of sp³-hybridized carbons (Fsp3) is 0.750. The summed E-state index contributed by atoms with van der Waals surface area (Å²) in [5.74, 6) is 1.83. The lowest BCUT2D eigenvalue weighted by molar-refractivity contribution is -0.119. The minimum Gasteiger partial charge on any atom is -0.376 e. The van der Waals surface area contributed by atoms with Crippen LogP contribution in [0, 0.1) is 4.77 Å². The van der Waals surface area contributed by atoms with Gasteiger partial charge in [-0.2, -0.15) is 0 Å². The average Bonchev–Trinajstić information content (AvgIpc) is 3.14. The Morgan fingerprint density at radius 3 is 3.20 bits per heavy atom. The molecule has 4 heterocycles. The number of carbonyl (C=O) groups excluding carboxylic acids is 1. The predicted octanol–water partition coefficient (Wildman–Crippen LogP) is 1.51. The number of fused-ring (bicyclic) bond motifs is 3. The third kappa shape index (κ3) is 1.85. The van der Waals surface area contributed by atoms with E-state index in [0.29, 0.717) is 17.3 Å². The van der Waals surface area contributed by atoms with E-state index >= 15 is 0 Å². The van der Waals surface area contributed by atoms with Gasteiger partial charge in [-0.05, 0) is 37.2 Å². The Balaban J connectivity index is 1.72. The van der Waals surface area contributed by atoms with Crippen LogP contribution in [0.5, 0.6) is 0 Å². The van der Waals surface area contributed by atoms with Gasteiger partial charge in [0.2, 0.25) is 11.9 Å². The zero-order chi connectivity index (χ0) is 13.7. The minimum absolute atomic E-state index is 0.0202. The van der Waals surface area contributed by atoms with E-state index in [0.717, 1.165) is 31.6 Å². The maximum Gasteiger partial charge on any atom is 0.244 e. The summed E-state index contributed by atoms with van der Waals surface area (Å²) in [6, 6.07) is 0.162. The standard InChI is InChI=1S/C12H16N4O2S2/c17-10-9-8(3-5-20-9)16-11(13-14-12(16)19)15(10)6-7-2-1-4-18-7/h7-9H,1-6H2,(H,14,19). The van der Waals surface area contributed by atoms with E-state index < -0.39 is 0 Å². The highest BCUT2D eigenvalue weighted by atomic mass is 32.2. The molecule has 1 aromatic rings. The Hall–Kier alpha value is -0.860. The normalized spacial score (nSPS) is 32.5. The van der Waals surface area contributed by atoms with Crippen LogP contribution in [0.1, 0.15) is 25.3 Å². The molecule has 20 heavy (non-hydrogen) atoms. The van der Waals surface area contributed by atoms with Gasteiger partial charge in [-0.25, -0.2) is 5.10 Å². The average molecular weight is 312 g/mol. The molecule has 0 aliphatic carbocycles. The molecule has 0 radical (unpaired) electrons. The largest absolute Gasteiger partial charge is 0.376 e. The molecule has 2 fully saturated rings. The number of amides is 1. The molecule has 108 valence electrons. The van der Waals surface area contributed by atoms with Gasteiger partial charge in [-0.15, -0.1) is 16.9 Å². The van der Waals surface area contributed by atoms with E-state index in [1.807, 2.05) is 4.57 Å². The fourth-order valence-electron chi connectivity index (χ4n) is 3.28. The molecular weight excluding hydrogens is 296 g/mol. The fourth-order valence-corrected chi connectivity index (χ4v) is 4.92. The highest BCUT2D eigenvalue weighted by Gasteiger charge is 2.45. The van der Waals surface area contributed by atoms with Gasteiger partial charge in [0.15, 0.2) is 4.77 Å². The third-order valence-electron chi connectivity index (χ3n) is 4.24. The zero-order valence-electron chi connectivity index (χ0n) is 10.9. The first kappa shape index (κ1) is 12.8. The summed E-state index contributed by atoms with van der Waals surface area (Å²) in [5.41, 5.74) is 0. The van der Waals surface area contributed by atoms with Crippen LogP contribution in [-0.4, -0.2) is 50.9 Å². The van der Waals surface area contributed by atoms with Crippen molar-refractivity contribution in [2.75, 3.05) is 23.8 Å². The van der Waals surface area contributed by atoms with Crippen LogP contribution in [0.3, 0.4) is 0 Å². The van der Waals surface area contributed by atoms with Crippen LogP contribution in [0.15, 0.2) is 0 Å². The molecule has 1 amide bonds. The second kappa shape index (κ2) is 4.85. The number of hydrogen-bond donors (Lipinski definition) is 1. The molecule has 4 rings (SSSR count). The molecule has 3 atom stereocenters. The van der Waals surface area contributed by atoms with Gasteiger partial charge in [0, 0.05) is 6.61 Å². The van der Waals surface area contributed by atoms with Gasteiger partial charge in [0.25, 0.3) is 0 Å².